The maximum Gasteiger partial charge on any atom is 0.411 e. The highest BCUT2D eigenvalue weighted by Gasteiger charge is 2.44. The van der Waals surface area contributed by atoms with Crippen molar-refractivity contribution < 1.29 is 24.2 Å². The summed E-state index contributed by atoms with van der Waals surface area (Å²) in [7, 11) is 0. The Morgan fingerprint density at radius 2 is 1.95 bits per heavy atom. The number of aliphatic carboxylic acids is 1. The summed E-state index contributed by atoms with van der Waals surface area (Å²) in [6.07, 6.45) is 0.139. The van der Waals surface area contributed by atoms with Crippen LogP contribution in [0.1, 0.15) is 33.6 Å². The first-order valence-electron chi connectivity index (χ1n) is 6.40. The predicted octanol–water partition coefficient (Wildman–Crippen LogP) is 0.0766. The van der Waals surface area contributed by atoms with E-state index in [1.165, 1.54) is 0 Å². The summed E-state index contributed by atoms with van der Waals surface area (Å²) >= 11 is 0. The Morgan fingerprint density at radius 3 is 2.40 bits per heavy atom. The predicted molar refractivity (Wildman–Crippen MR) is 69.4 cm³/mol. The molecule has 0 radical (unpaired) electrons. The van der Waals surface area contributed by atoms with Crippen LogP contribution in [0.4, 0.5) is 4.79 Å². The molecule has 1 fully saturated rings. The number of nitrogens with zero attached hydrogens (tertiary/aromatic N) is 1. The van der Waals surface area contributed by atoms with E-state index in [0.717, 1.165) is 4.90 Å². The summed E-state index contributed by atoms with van der Waals surface area (Å²) in [6, 6.07) is -1.26. The van der Waals surface area contributed by atoms with Crippen molar-refractivity contribution in [1.29, 1.82) is 0 Å². The van der Waals surface area contributed by atoms with Gasteiger partial charge in [0.25, 0.3) is 0 Å². The fourth-order valence-corrected chi connectivity index (χ4v) is 2.21. The summed E-state index contributed by atoms with van der Waals surface area (Å²) in [5.74, 6) is 2.35. The van der Waals surface area contributed by atoms with Crippen LogP contribution >= 0.6 is 0 Å². The molecule has 0 aromatic rings. The first kappa shape index (κ1) is 16.2. The van der Waals surface area contributed by atoms with Crippen LogP contribution in [0.3, 0.4) is 0 Å². The third-order valence-electron chi connectivity index (χ3n) is 2.99. The molecule has 0 aromatic heterocycles. The van der Waals surface area contributed by atoms with Gasteiger partial charge in [-0.15, -0.1) is 0 Å². The Hall–Kier alpha value is -1.83. The number of carbonyl (C=O) groups excluding carboxylic acids is 2. The van der Waals surface area contributed by atoms with Crippen LogP contribution in [0, 0.1) is 5.92 Å². The number of amides is 2. The molecule has 1 aliphatic heterocycles. The molecular weight excluding hydrogens is 266 g/mol. The molecule has 0 aromatic carbocycles. The van der Waals surface area contributed by atoms with Gasteiger partial charge in [-0.25, -0.2) is 15.4 Å². The first-order valence-corrected chi connectivity index (χ1v) is 6.40. The van der Waals surface area contributed by atoms with Crippen molar-refractivity contribution in [3.05, 3.63) is 0 Å². The fraction of sp³-hybridized carbons (Fsp3) is 0.750. The van der Waals surface area contributed by atoms with Gasteiger partial charge in [-0.05, 0) is 33.6 Å². The van der Waals surface area contributed by atoms with Crippen LogP contribution in [-0.4, -0.2) is 46.2 Å². The van der Waals surface area contributed by atoms with E-state index in [1.807, 2.05) is 5.43 Å². The number of hydrazine groups is 1. The number of carbonyl (C=O) groups is 3. The number of piperidine rings is 1. The molecule has 1 rings (SSSR count). The van der Waals surface area contributed by atoms with Gasteiger partial charge in [-0.2, -0.15) is 0 Å². The molecule has 0 bridgehead atoms. The van der Waals surface area contributed by atoms with Gasteiger partial charge in [0, 0.05) is 6.54 Å². The molecule has 1 saturated heterocycles. The molecule has 2 atom stereocenters. The highest BCUT2D eigenvalue weighted by molar-refractivity contribution is 5.89. The lowest BCUT2D eigenvalue weighted by molar-refractivity contribution is -0.151. The van der Waals surface area contributed by atoms with E-state index in [-0.39, 0.29) is 6.54 Å². The van der Waals surface area contributed by atoms with E-state index in [4.69, 9.17) is 10.6 Å². The zero-order chi connectivity index (χ0) is 15.5. The lowest BCUT2D eigenvalue weighted by Gasteiger charge is -2.38. The van der Waals surface area contributed by atoms with Crippen molar-refractivity contribution in [3.63, 3.8) is 0 Å². The normalized spacial score (nSPS) is 23.1. The monoisotopic (exact) mass is 287 g/mol. The molecule has 1 heterocycles. The zero-order valence-electron chi connectivity index (χ0n) is 11.9. The molecular formula is C12H21N3O5. The summed E-state index contributed by atoms with van der Waals surface area (Å²) in [5.41, 5.74) is 1.21. The second-order valence-corrected chi connectivity index (χ2v) is 5.71. The van der Waals surface area contributed by atoms with Crippen molar-refractivity contribution in [2.45, 2.75) is 45.3 Å². The largest absolute Gasteiger partial charge is 0.480 e. The van der Waals surface area contributed by atoms with Gasteiger partial charge in [0.2, 0.25) is 5.91 Å². The summed E-state index contributed by atoms with van der Waals surface area (Å²) in [5, 5.41) is 9.30. The highest BCUT2D eigenvalue weighted by Crippen LogP contribution is 2.26. The Bertz CT molecular complexity index is 404. The quantitative estimate of drug-likeness (QED) is 0.375. The van der Waals surface area contributed by atoms with Crippen molar-refractivity contribution in [2.24, 2.45) is 11.8 Å². The summed E-state index contributed by atoms with van der Waals surface area (Å²) < 4.78 is 5.18. The minimum Gasteiger partial charge on any atom is -0.480 e. The van der Waals surface area contributed by atoms with Crippen LogP contribution in [0.5, 0.6) is 0 Å². The fourth-order valence-electron chi connectivity index (χ4n) is 2.21. The van der Waals surface area contributed by atoms with Gasteiger partial charge in [0.15, 0.2) is 0 Å². The van der Waals surface area contributed by atoms with Gasteiger partial charge < -0.3 is 9.84 Å². The smallest absolute Gasteiger partial charge is 0.411 e. The Balaban J connectivity index is 2.96. The molecule has 8 nitrogen and oxygen atoms in total. The van der Waals surface area contributed by atoms with E-state index in [9.17, 15) is 19.5 Å². The van der Waals surface area contributed by atoms with Gasteiger partial charge in [-0.3, -0.25) is 15.1 Å². The molecule has 2 unspecified atom stereocenters. The van der Waals surface area contributed by atoms with Gasteiger partial charge >= 0.3 is 12.1 Å². The van der Waals surface area contributed by atoms with Crippen molar-refractivity contribution in [2.75, 3.05) is 6.54 Å². The minimum absolute atomic E-state index is 0.236. The number of carboxylic acid groups (broad SMARTS) is 1. The van der Waals surface area contributed by atoms with Crippen molar-refractivity contribution >= 4 is 18.0 Å². The lowest BCUT2D eigenvalue weighted by atomic mass is 9.88. The second-order valence-electron chi connectivity index (χ2n) is 5.71. The molecule has 2 amide bonds. The van der Waals surface area contributed by atoms with E-state index in [2.05, 4.69) is 0 Å². The number of nitrogens with two attached hydrogens (primary N) is 1. The molecule has 114 valence electrons. The summed E-state index contributed by atoms with van der Waals surface area (Å²) in [4.78, 5) is 36.2. The Kier molecular flexibility index (Phi) is 4.93. The SMILES string of the molecule is CC(C)(C)OC(=O)N1CCCC(C(=O)NN)C1C(=O)O. The number of carboxylic acids is 1. The second kappa shape index (κ2) is 6.08. The number of rotatable bonds is 2. The van der Waals surface area contributed by atoms with E-state index in [0.29, 0.717) is 12.8 Å². The highest BCUT2D eigenvalue weighted by atomic mass is 16.6. The number of ether oxygens (including phenoxy) is 1. The number of hydrogen-bond donors (Lipinski definition) is 3. The van der Waals surface area contributed by atoms with E-state index >= 15 is 0 Å². The average Bonchev–Trinajstić information content (AvgIpc) is 2.34. The van der Waals surface area contributed by atoms with Crippen LogP contribution in [0.15, 0.2) is 0 Å². The summed E-state index contributed by atoms with van der Waals surface area (Å²) in [6.45, 7) is 5.30. The maximum absolute atomic E-state index is 12.1. The number of nitrogens with one attached hydrogen (secondary N) is 1. The Morgan fingerprint density at radius 1 is 1.35 bits per heavy atom. The van der Waals surface area contributed by atoms with Crippen molar-refractivity contribution in [1.82, 2.24) is 10.3 Å². The Labute approximate surface area is 117 Å². The third-order valence-corrected chi connectivity index (χ3v) is 2.99. The van der Waals surface area contributed by atoms with Crippen LogP contribution in [0.25, 0.3) is 0 Å². The molecule has 1 aliphatic rings. The van der Waals surface area contributed by atoms with Gasteiger partial charge in [0.05, 0.1) is 5.92 Å². The van der Waals surface area contributed by atoms with Gasteiger partial charge in [0.1, 0.15) is 11.6 Å². The molecule has 8 heteroatoms. The zero-order valence-corrected chi connectivity index (χ0v) is 11.9. The van der Waals surface area contributed by atoms with Crippen molar-refractivity contribution in [3.8, 4) is 0 Å². The van der Waals surface area contributed by atoms with Gasteiger partial charge in [-0.1, -0.05) is 0 Å². The van der Waals surface area contributed by atoms with E-state index < -0.39 is 35.5 Å². The first-order chi connectivity index (χ1) is 9.17. The third kappa shape index (κ3) is 3.83. The molecule has 0 aliphatic carbocycles. The average molecular weight is 287 g/mol. The lowest BCUT2D eigenvalue weighted by Crippen LogP contribution is -2.57. The maximum atomic E-state index is 12.1. The minimum atomic E-state index is -1.26. The standard InChI is InChI=1S/C12H21N3O5/c1-12(2,3)20-11(19)15-6-4-5-7(9(16)14-13)8(15)10(17)18/h7-8H,4-6,13H2,1-3H3,(H,14,16)(H,17,18). The molecule has 0 saturated carbocycles. The van der Waals surface area contributed by atoms with Crippen LogP contribution in [0.2, 0.25) is 0 Å². The number of likely N-dealkylation sites (tertiary alicyclic amines) is 1. The molecule has 0 spiro atoms. The van der Waals surface area contributed by atoms with E-state index in [1.54, 1.807) is 20.8 Å². The van der Waals surface area contributed by atoms with Crippen LogP contribution < -0.4 is 11.3 Å². The molecule has 4 N–H and O–H groups in total. The number of hydrogen-bond acceptors (Lipinski definition) is 5. The topological polar surface area (TPSA) is 122 Å². The van der Waals surface area contributed by atoms with Crippen LogP contribution in [-0.2, 0) is 14.3 Å². The molecule has 20 heavy (non-hydrogen) atoms.